The normalized spacial score (nSPS) is 14.5. The fourth-order valence-electron chi connectivity index (χ4n) is 2.70. The molecule has 136 valence electrons. The Labute approximate surface area is 154 Å². The zero-order chi connectivity index (χ0) is 18.3. The van der Waals surface area contributed by atoms with Gasteiger partial charge in [0.25, 0.3) is 5.16 Å². The number of nitrogens with two attached hydrogens (primary N) is 1. The Morgan fingerprint density at radius 2 is 2.15 bits per heavy atom. The van der Waals surface area contributed by atoms with Crippen molar-refractivity contribution >= 4 is 27.1 Å². The van der Waals surface area contributed by atoms with E-state index in [1.165, 1.54) is 15.9 Å². The second-order valence-electron chi connectivity index (χ2n) is 6.08. The summed E-state index contributed by atoms with van der Waals surface area (Å²) < 4.78 is 32.3. The van der Waals surface area contributed by atoms with E-state index in [9.17, 15) is 8.42 Å². The van der Waals surface area contributed by atoms with E-state index >= 15 is 0 Å². The van der Waals surface area contributed by atoms with Crippen molar-refractivity contribution in [1.82, 2.24) is 19.7 Å². The third-order valence-electron chi connectivity index (χ3n) is 4.09. The van der Waals surface area contributed by atoms with Crippen molar-refractivity contribution in [1.29, 1.82) is 0 Å². The Balaban J connectivity index is 1.61. The van der Waals surface area contributed by atoms with Crippen LogP contribution in [0.2, 0.25) is 0 Å². The van der Waals surface area contributed by atoms with Gasteiger partial charge in [0, 0.05) is 17.0 Å². The lowest BCUT2D eigenvalue weighted by molar-refractivity contribution is 0.415. The molecule has 1 aromatic carbocycles. The first-order valence-electron chi connectivity index (χ1n) is 8.00. The molecule has 0 radical (unpaired) electrons. The third kappa shape index (κ3) is 3.17. The van der Waals surface area contributed by atoms with Gasteiger partial charge in [-0.2, -0.15) is 0 Å². The number of nitrogen functional groups attached to an aromatic ring is 1. The number of anilines is 1. The second kappa shape index (κ2) is 6.36. The number of thiazole rings is 1. The number of sulfone groups is 1. The van der Waals surface area contributed by atoms with Crippen LogP contribution in [0.15, 0.2) is 34.8 Å². The summed E-state index contributed by atoms with van der Waals surface area (Å²) in [5.74, 6) is 0.625. The van der Waals surface area contributed by atoms with Gasteiger partial charge in [0.05, 0.1) is 12.8 Å². The Kier molecular flexibility index (Phi) is 4.16. The fraction of sp³-hybridized carbons (Fsp3) is 0.312. The molecule has 0 amide bonds. The molecule has 1 aliphatic rings. The quantitative estimate of drug-likeness (QED) is 0.686. The van der Waals surface area contributed by atoms with Crippen molar-refractivity contribution in [2.45, 2.75) is 29.8 Å². The Morgan fingerprint density at radius 1 is 1.35 bits per heavy atom. The molecule has 0 bridgehead atoms. The third-order valence-corrected chi connectivity index (χ3v) is 6.54. The Bertz CT molecular complexity index is 1050. The largest absolute Gasteiger partial charge is 0.497 e. The van der Waals surface area contributed by atoms with Crippen molar-refractivity contribution in [2.75, 3.05) is 12.8 Å². The topological polar surface area (TPSA) is 113 Å². The van der Waals surface area contributed by atoms with Gasteiger partial charge in [0.1, 0.15) is 16.5 Å². The van der Waals surface area contributed by atoms with Crippen LogP contribution in [0.25, 0.3) is 10.6 Å². The average molecular weight is 391 g/mol. The van der Waals surface area contributed by atoms with Crippen molar-refractivity contribution in [3.05, 3.63) is 35.3 Å². The highest BCUT2D eigenvalue weighted by Crippen LogP contribution is 2.38. The summed E-state index contributed by atoms with van der Waals surface area (Å²) in [4.78, 5) is 4.46. The van der Waals surface area contributed by atoms with E-state index in [0.717, 1.165) is 29.2 Å². The van der Waals surface area contributed by atoms with Crippen LogP contribution < -0.4 is 10.5 Å². The Hall–Kier alpha value is -2.46. The molecular weight excluding hydrogens is 374 g/mol. The summed E-state index contributed by atoms with van der Waals surface area (Å²) >= 11 is 1.39. The molecule has 26 heavy (non-hydrogen) atoms. The monoisotopic (exact) mass is 391 g/mol. The molecular formula is C16H17N5O3S2. The molecule has 4 rings (SSSR count). The van der Waals surface area contributed by atoms with Gasteiger partial charge in [0.15, 0.2) is 0 Å². The van der Waals surface area contributed by atoms with Crippen LogP contribution in [0.3, 0.4) is 0 Å². The van der Waals surface area contributed by atoms with Crippen LogP contribution in [-0.4, -0.2) is 35.3 Å². The number of rotatable bonds is 6. The van der Waals surface area contributed by atoms with Gasteiger partial charge in [-0.05, 0) is 25.0 Å². The van der Waals surface area contributed by atoms with E-state index in [1.807, 2.05) is 24.3 Å². The predicted octanol–water partition coefficient (Wildman–Crippen LogP) is 2.30. The average Bonchev–Trinajstić information content (AvgIpc) is 3.22. The van der Waals surface area contributed by atoms with Crippen LogP contribution in [0.5, 0.6) is 5.75 Å². The highest BCUT2D eigenvalue weighted by atomic mass is 32.2. The first kappa shape index (κ1) is 17.0. The molecule has 0 aliphatic heterocycles. The molecule has 1 aliphatic carbocycles. The summed E-state index contributed by atoms with van der Waals surface area (Å²) in [5, 5.41) is 9.93. The molecule has 2 N–H and O–H groups in total. The standard InChI is InChI=1S/C16H17N5O3S2/c1-24-13-4-2-3-10(7-13)14-18-11(8-25-14)9-26(22,23)16-20-19-15(17)21(16)12-5-6-12/h2-4,7-8,12H,5-6,9H2,1H3,(H2,17,19). The van der Waals surface area contributed by atoms with Gasteiger partial charge in [-0.1, -0.05) is 12.1 Å². The van der Waals surface area contributed by atoms with Crippen molar-refractivity contribution < 1.29 is 13.2 Å². The van der Waals surface area contributed by atoms with E-state index in [-0.39, 0.29) is 22.9 Å². The van der Waals surface area contributed by atoms with E-state index in [2.05, 4.69) is 15.2 Å². The van der Waals surface area contributed by atoms with Crippen LogP contribution in [0.1, 0.15) is 24.6 Å². The minimum absolute atomic E-state index is 0.0755. The molecule has 1 saturated carbocycles. The zero-order valence-electron chi connectivity index (χ0n) is 14.0. The number of benzene rings is 1. The summed E-state index contributed by atoms with van der Waals surface area (Å²) in [6.07, 6.45) is 1.78. The van der Waals surface area contributed by atoms with Crippen molar-refractivity contribution in [3.8, 4) is 16.3 Å². The summed E-state index contributed by atoms with van der Waals surface area (Å²) in [5.41, 5.74) is 7.13. The van der Waals surface area contributed by atoms with E-state index in [4.69, 9.17) is 10.5 Å². The molecule has 0 spiro atoms. The number of methoxy groups -OCH3 is 1. The smallest absolute Gasteiger partial charge is 0.251 e. The number of aromatic nitrogens is 4. The van der Waals surface area contributed by atoms with Crippen molar-refractivity contribution in [3.63, 3.8) is 0 Å². The molecule has 2 heterocycles. The van der Waals surface area contributed by atoms with Gasteiger partial charge < -0.3 is 10.5 Å². The minimum Gasteiger partial charge on any atom is -0.497 e. The predicted molar refractivity (Wildman–Crippen MR) is 97.7 cm³/mol. The lowest BCUT2D eigenvalue weighted by Gasteiger charge is -2.06. The second-order valence-corrected chi connectivity index (χ2v) is 8.82. The number of hydrogen-bond acceptors (Lipinski definition) is 8. The highest BCUT2D eigenvalue weighted by Gasteiger charge is 2.34. The zero-order valence-corrected chi connectivity index (χ0v) is 15.6. The summed E-state index contributed by atoms with van der Waals surface area (Å²) in [6.45, 7) is 0. The number of nitrogens with zero attached hydrogens (tertiary/aromatic N) is 4. The maximum absolute atomic E-state index is 12.8. The molecule has 0 unspecified atom stereocenters. The molecule has 0 atom stereocenters. The highest BCUT2D eigenvalue weighted by molar-refractivity contribution is 7.90. The maximum Gasteiger partial charge on any atom is 0.251 e. The SMILES string of the molecule is COc1cccc(-c2nc(CS(=O)(=O)c3nnc(N)n3C3CC3)cs2)c1. The Morgan fingerprint density at radius 3 is 2.88 bits per heavy atom. The summed E-state index contributed by atoms with van der Waals surface area (Å²) in [6, 6.07) is 7.56. The van der Waals surface area contributed by atoms with Gasteiger partial charge in [-0.3, -0.25) is 4.57 Å². The van der Waals surface area contributed by atoms with Gasteiger partial charge >= 0.3 is 0 Å². The molecule has 2 aromatic heterocycles. The van der Waals surface area contributed by atoms with Crippen LogP contribution >= 0.6 is 11.3 Å². The number of hydrogen-bond donors (Lipinski definition) is 1. The van der Waals surface area contributed by atoms with Gasteiger partial charge in [-0.25, -0.2) is 13.4 Å². The van der Waals surface area contributed by atoms with E-state index in [0.29, 0.717) is 5.69 Å². The van der Waals surface area contributed by atoms with Gasteiger partial charge in [-0.15, -0.1) is 21.5 Å². The molecule has 3 aromatic rings. The van der Waals surface area contributed by atoms with E-state index in [1.54, 1.807) is 12.5 Å². The maximum atomic E-state index is 12.8. The van der Waals surface area contributed by atoms with E-state index < -0.39 is 9.84 Å². The van der Waals surface area contributed by atoms with Crippen molar-refractivity contribution in [2.24, 2.45) is 0 Å². The number of ether oxygens (including phenoxy) is 1. The van der Waals surface area contributed by atoms with Crippen LogP contribution in [0.4, 0.5) is 5.95 Å². The van der Waals surface area contributed by atoms with Crippen LogP contribution in [-0.2, 0) is 15.6 Å². The lowest BCUT2D eigenvalue weighted by Crippen LogP contribution is -2.14. The lowest BCUT2D eigenvalue weighted by atomic mass is 10.2. The fourth-order valence-corrected chi connectivity index (χ4v) is 4.99. The van der Waals surface area contributed by atoms with Crippen LogP contribution in [0, 0.1) is 0 Å². The molecule has 0 saturated heterocycles. The van der Waals surface area contributed by atoms with Gasteiger partial charge in [0.2, 0.25) is 15.8 Å². The molecule has 8 nitrogen and oxygen atoms in total. The first-order chi connectivity index (χ1) is 12.5. The molecule has 10 heteroatoms. The minimum atomic E-state index is -3.68. The molecule has 1 fully saturated rings. The summed E-state index contributed by atoms with van der Waals surface area (Å²) in [7, 11) is -2.08. The first-order valence-corrected chi connectivity index (χ1v) is 10.5.